The minimum Gasteiger partial charge on any atom is -0.481 e. The highest BCUT2D eigenvalue weighted by Crippen LogP contribution is 2.33. The van der Waals surface area contributed by atoms with E-state index in [-0.39, 0.29) is 0 Å². The second kappa shape index (κ2) is 6.75. The summed E-state index contributed by atoms with van der Waals surface area (Å²) in [7, 11) is 1.64. The second-order valence-electron chi connectivity index (χ2n) is 6.40. The quantitative estimate of drug-likeness (QED) is 0.866. The number of pyridine rings is 1. The molecule has 2 unspecified atom stereocenters. The molecule has 0 radical (unpaired) electrons. The zero-order valence-corrected chi connectivity index (χ0v) is 13.9. The normalized spacial score (nSPS) is 23.6. The van der Waals surface area contributed by atoms with Gasteiger partial charge in [-0.1, -0.05) is 36.4 Å². The van der Waals surface area contributed by atoms with E-state index in [1.54, 1.807) is 7.11 Å². The van der Waals surface area contributed by atoms with Crippen molar-refractivity contribution in [3.8, 4) is 5.88 Å². The van der Waals surface area contributed by atoms with Crippen LogP contribution in [0.4, 0.5) is 0 Å². The number of ether oxygens (including phenoxy) is 2. The monoisotopic (exact) mass is 322 g/mol. The number of rotatable bonds is 4. The standard InChI is InChI=1S/C20H22N2O2/c1-23-20-8-7-16(11-21-20)17-9-18-13-24-14-19(10-17)22(18)12-15-5-3-2-4-6-15/h2-9,11,18-19H,10,12-14H2,1H3. The molecule has 3 heterocycles. The largest absolute Gasteiger partial charge is 0.481 e. The Morgan fingerprint density at radius 2 is 2.04 bits per heavy atom. The molecule has 2 aliphatic rings. The van der Waals surface area contributed by atoms with Crippen molar-refractivity contribution in [2.45, 2.75) is 25.0 Å². The van der Waals surface area contributed by atoms with Gasteiger partial charge >= 0.3 is 0 Å². The predicted molar refractivity (Wildman–Crippen MR) is 93.8 cm³/mol. The summed E-state index contributed by atoms with van der Waals surface area (Å²) in [5.41, 5.74) is 3.91. The van der Waals surface area contributed by atoms with E-state index < -0.39 is 0 Å². The van der Waals surface area contributed by atoms with Crippen LogP contribution in [0.5, 0.6) is 5.88 Å². The maximum absolute atomic E-state index is 5.80. The van der Waals surface area contributed by atoms with Crippen molar-refractivity contribution in [3.63, 3.8) is 0 Å². The summed E-state index contributed by atoms with van der Waals surface area (Å²) < 4.78 is 11.0. The first-order valence-electron chi connectivity index (χ1n) is 8.42. The van der Waals surface area contributed by atoms with Crippen molar-refractivity contribution >= 4 is 5.57 Å². The Hall–Kier alpha value is -2.17. The third-order valence-corrected chi connectivity index (χ3v) is 4.87. The van der Waals surface area contributed by atoms with Crippen LogP contribution in [0.3, 0.4) is 0 Å². The molecular weight excluding hydrogens is 300 g/mol. The van der Waals surface area contributed by atoms with Crippen molar-refractivity contribution in [3.05, 3.63) is 65.9 Å². The van der Waals surface area contributed by atoms with Crippen LogP contribution < -0.4 is 4.74 Å². The zero-order chi connectivity index (χ0) is 16.4. The van der Waals surface area contributed by atoms with Gasteiger partial charge in [0.2, 0.25) is 5.88 Å². The van der Waals surface area contributed by atoms with E-state index in [4.69, 9.17) is 9.47 Å². The van der Waals surface area contributed by atoms with Crippen LogP contribution in [-0.2, 0) is 11.3 Å². The Morgan fingerprint density at radius 3 is 2.75 bits per heavy atom. The molecule has 4 nitrogen and oxygen atoms in total. The third-order valence-electron chi connectivity index (χ3n) is 4.87. The molecule has 1 aromatic carbocycles. The summed E-state index contributed by atoms with van der Waals surface area (Å²) in [5, 5.41) is 0. The lowest BCUT2D eigenvalue weighted by atomic mass is 9.90. The molecule has 0 aliphatic carbocycles. The minimum atomic E-state index is 0.329. The highest BCUT2D eigenvalue weighted by molar-refractivity contribution is 5.67. The van der Waals surface area contributed by atoms with Crippen LogP contribution in [0.1, 0.15) is 17.5 Å². The molecule has 0 N–H and O–H groups in total. The van der Waals surface area contributed by atoms with Crippen molar-refractivity contribution in [1.82, 2.24) is 9.88 Å². The van der Waals surface area contributed by atoms with Gasteiger partial charge in [0.05, 0.1) is 26.4 Å². The molecule has 0 spiro atoms. The number of benzene rings is 1. The fraction of sp³-hybridized carbons (Fsp3) is 0.350. The van der Waals surface area contributed by atoms with E-state index >= 15 is 0 Å². The van der Waals surface area contributed by atoms with E-state index in [1.165, 1.54) is 16.7 Å². The summed E-state index contributed by atoms with van der Waals surface area (Å²) >= 11 is 0. The Kier molecular flexibility index (Phi) is 4.32. The molecule has 2 atom stereocenters. The molecule has 124 valence electrons. The van der Waals surface area contributed by atoms with Gasteiger partial charge in [-0.3, -0.25) is 4.90 Å². The Labute approximate surface area is 142 Å². The number of nitrogens with zero attached hydrogens (tertiary/aromatic N) is 2. The fourth-order valence-corrected chi connectivity index (χ4v) is 3.61. The first-order chi connectivity index (χ1) is 11.8. The van der Waals surface area contributed by atoms with Crippen LogP contribution in [0.15, 0.2) is 54.7 Å². The minimum absolute atomic E-state index is 0.329. The van der Waals surface area contributed by atoms with Gasteiger partial charge in [0.25, 0.3) is 0 Å². The highest BCUT2D eigenvalue weighted by atomic mass is 16.5. The maximum atomic E-state index is 5.80. The van der Waals surface area contributed by atoms with Crippen molar-refractivity contribution in [2.24, 2.45) is 0 Å². The SMILES string of the molecule is COc1ccc(C2=CC3COCC(C2)N3Cc2ccccc2)cn1. The first kappa shape index (κ1) is 15.4. The second-order valence-corrected chi connectivity index (χ2v) is 6.40. The molecule has 2 aromatic rings. The number of fused-ring (bicyclic) bond motifs is 2. The van der Waals surface area contributed by atoms with Crippen molar-refractivity contribution in [2.75, 3.05) is 20.3 Å². The molecule has 24 heavy (non-hydrogen) atoms. The van der Waals surface area contributed by atoms with E-state index in [0.29, 0.717) is 18.0 Å². The first-order valence-corrected chi connectivity index (χ1v) is 8.42. The molecule has 1 fully saturated rings. The van der Waals surface area contributed by atoms with Gasteiger partial charge in [-0.2, -0.15) is 0 Å². The Balaban J connectivity index is 1.57. The summed E-state index contributed by atoms with van der Waals surface area (Å²) in [6, 6.07) is 15.5. The number of hydrogen-bond donors (Lipinski definition) is 0. The number of aromatic nitrogens is 1. The molecule has 4 rings (SSSR count). The summed E-state index contributed by atoms with van der Waals surface area (Å²) in [6.45, 7) is 2.53. The average molecular weight is 322 g/mol. The highest BCUT2D eigenvalue weighted by Gasteiger charge is 2.34. The predicted octanol–water partition coefficient (Wildman–Crippen LogP) is 3.15. The lowest BCUT2D eigenvalue weighted by Crippen LogP contribution is -2.53. The van der Waals surface area contributed by atoms with Crippen LogP contribution in [-0.4, -0.2) is 42.3 Å². The van der Waals surface area contributed by atoms with Crippen molar-refractivity contribution < 1.29 is 9.47 Å². The van der Waals surface area contributed by atoms with Gasteiger partial charge < -0.3 is 9.47 Å². The Morgan fingerprint density at radius 1 is 1.17 bits per heavy atom. The zero-order valence-electron chi connectivity index (χ0n) is 13.9. The Bertz CT molecular complexity index is 712. The van der Waals surface area contributed by atoms with Crippen LogP contribution in [0.25, 0.3) is 5.57 Å². The molecule has 2 bridgehead atoms. The van der Waals surface area contributed by atoms with Gasteiger partial charge in [0.1, 0.15) is 0 Å². The molecule has 4 heteroatoms. The van der Waals surface area contributed by atoms with Gasteiger partial charge in [-0.15, -0.1) is 0 Å². The number of methoxy groups -OCH3 is 1. The summed E-state index contributed by atoms with van der Waals surface area (Å²) in [5.74, 6) is 0.657. The average Bonchev–Trinajstić information content (AvgIpc) is 2.62. The number of morpholine rings is 1. The van der Waals surface area contributed by atoms with Gasteiger partial charge in [0.15, 0.2) is 0 Å². The van der Waals surface area contributed by atoms with Gasteiger partial charge in [-0.05, 0) is 29.2 Å². The van der Waals surface area contributed by atoms with Crippen LogP contribution >= 0.6 is 0 Å². The molecule has 0 amide bonds. The fourth-order valence-electron chi connectivity index (χ4n) is 3.61. The van der Waals surface area contributed by atoms with Crippen LogP contribution in [0, 0.1) is 0 Å². The molecule has 0 saturated carbocycles. The van der Waals surface area contributed by atoms with Crippen molar-refractivity contribution in [1.29, 1.82) is 0 Å². The smallest absolute Gasteiger partial charge is 0.212 e. The van der Waals surface area contributed by atoms with Gasteiger partial charge in [0, 0.05) is 24.8 Å². The molecular formula is C20H22N2O2. The molecule has 1 aromatic heterocycles. The molecule has 1 saturated heterocycles. The lowest BCUT2D eigenvalue weighted by molar-refractivity contribution is -0.0402. The molecule has 2 aliphatic heterocycles. The van der Waals surface area contributed by atoms with Gasteiger partial charge in [-0.25, -0.2) is 4.98 Å². The maximum Gasteiger partial charge on any atom is 0.212 e. The van der Waals surface area contributed by atoms with E-state index in [0.717, 1.165) is 26.2 Å². The number of hydrogen-bond acceptors (Lipinski definition) is 4. The van der Waals surface area contributed by atoms with E-state index in [1.807, 2.05) is 12.3 Å². The van der Waals surface area contributed by atoms with E-state index in [9.17, 15) is 0 Å². The summed E-state index contributed by atoms with van der Waals surface area (Å²) in [6.07, 6.45) is 5.26. The third kappa shape index (κ3) is 3.07. The van der Waals surface area contributed by atoms with E-state index in [2.05, 4.69) is 52.4 Å². The lowest BCUT2D eigenvalue weighted by Gasteiger charge is -2.44. The summed E-state index contributed by atoms with van der Waals surface area (Å²) in [4.78, 5) is 6.91. The van der Waals surface area contributed by atoms with Crippen LogP contribution in [0.2, 0.25) is 0 Å². The topological polar surface area (TPSA) is 34.6 Å².